The third kappa shape index (κ3) is 3.19. The second kappa shape index (κ2) is 5.17. The second-order valence-electron chi connectivity index (χ2n) is 4.88. The lowest BCUT2D eigenvalue weighted by molar-refractivity contribution is 0.0921. The van der Waals surface area contributed by atoms with Crippen LogP contribution < -0.4 is 10.9 Å². The molecule has 1 fully saturated rings. The van der Waals surface area contributed by atoms with Crippen molar-refractivity contribution >= 4 is 5.91 Å². The minimum absolute atomic E-state index is 0.143. The number of pyridine rings is 1. The lowest BCUT2D eigenvalue weighted by Crippen LogP contribution is -2.38. The van der Waals surface area contributed by atoms with Crippen molar-refractivity contribution in [1.29, 1.82) is 0 Å². The van der Waals surface area contributed by atoms with Gasteiger partial charge in [-0.1, -0.05) is 19.8 Å². The number of amides is 1. The normalized spacial score (nSPS) is 24.3. The van der Waals surface area contributed by atoms with Gasteiger partial charge in [0.1, 0.15) is 0 Å². The number of carbonyl (C=O) groups is 1. The van der Waals surface area contributed by atoms with Crippen molar-refractivity contribution < 1.29 is 4.79 Å². The van der Waals surface area contributed by atoms with E-state index in [2.05, 4.69) is 17.2 Å². The van der Waals surface area contributed by atoms with Crippen LogP contribution in [0.4, 0.5) is 0 Å². The Morgan fingerprint density at radius 1 is 1.47 bits per heavy atom. The molecule has 0 saturated heterocycles. The third-order valence-corrected chi connectivity index (χ3v) is 3.31. The van der Waals surface area contributed by atoms with Gasteiger partial charge in [-0.05, 0) is 24.8 Å². The third-order valence-electron chi connectivity index (χ3n) is 3.31. The summed E-state index contributed by atoms with van der Waals surface area (Å²) in [7, 11) is 0. The minimum atomic E-state index is -0.241. The summed E-state index contributed by atoms with van der Waals surface area (Å²) in [6, 6.07) is 3.22. The molecule has 2 unspecified atom stereocenters. The minimum Gasteiger partial charge on any atom is -0.349 e. The lowest BCUT2D eigenvalue weighted by atomic mass is 9.87. The van der Waals surface area contributed by atoms with Gasteiger partial charge in [-0.2, -0.15) is 0 Å². The Hall–Kier alpha value is -1.58. The number of H-pyrrole nitrogens is 1. The van der Waals surface area contributed by atoms with Gasteiger partial charge in [-0.25, -0.2) is 0 Å². The predicted molar refractivity (Wildman–Crippen MR) is 65.9 cm³/mol. The Bertz CT molecular complexity index is 453. The van der Waals surface area contributed by atoms with E-state index in [1.807, 2.05) is 0 Å². The molecule has 1 aliphatic carbocycles. The van der Waals surface area contributed by atoms with Crippen LogP contribution in [0.3, 0.4) is 0 Å². The van der Waals surface area contributed by atoms with Crippen LogP contribution in [0.5, 0.6) is 0 Å². The molecule has 1 aliphatic rings. The van der Waals surface area contributed by atoms with Crippen LogP contribution in [0.2, 0.25) is 0 Å². The van der Waals surface area contributed by atoms with Crippen molar-refractivity contribution in [2.75, 3.05) is 0 Å². The summed E-state index contributed by atoms with van der Waals surface area (Å²) in [5, 5.41) is 3.00. The zero-order valence-electron chi connectivity index (χ0n) is 10.0. The molecule has 1 saturated carbocycles. The van der Waals surface area contributed by atoms with Gasteiger partial charge in [-0.3, -0.25) is 9.59 Å². The standard InChI is InChI=1S/C13H18N2O2/c1-9-3-2-4-11(7-9)15-13(17)10-5-6-14-12(16)8-10/h5-6,8-9,11H,2-4,7H2,1H3,(H,14,16)(H,15,17). The van der Waals surface area contributed by atoms with Gasteiger partial charge in [0.05, 0.1) is 0 Å². The highest BCUT2D eigenvalue weighted by Gasteiger charge is 2.20. The number of aromatic amines is 1. The quantitative estimate of drug-likeness (QED) is 0.818. The van der Waals surface area contributed by atoms with Crippen molar-refractivity contribution in [3.05, 3.63) is 34.2 Å². The monoisotopic (exact) mass is 234 g/mol. The fraction of sp³-hybridized carbons (Fsp3) is 0.538. The number of hydrogen-bond donors (Lipinski definition) is 2. The van der Waals surface area contributed by atoms with E-state index in [0.29, 0.717) is 11.5 Å². The van der Waals surface area contributed by atoms with E-state index in [0.717, 1.165) is 12.8 Å². The van der Waals surface area contributed by atoms with Crippen LogP contribution in [0.15, 0.2) is 23.1 Å². The van der Waals surface area contributed by atoms with E-state index in [1.54, 1.807) is 6.07 Å². The molecule has 0 radical (unpaired) electrons. The van der Waals surface area contributed by atoms with Gasteiger partial charge in [0.2, 0.25) is 5.56 Å². The topological polar surface area (TPSA) is 62.0 Å². The van der Waals surface area contributed by atoms with E-state index in [-0.39, 0.29) is 17.5 Å². The molecule has 1 aromatic heterocycles. The molecule has 92 valence electrons. The Morgan fingerprint density at radius 2 is 2.29 bits per heavy atom. The van der Waals surface area contributed by atoms with Crippen LogP contribution in [0, 0.1) is 5.92 Å². The Kier molecular flexibility index (Phi) is 3.61. The highest BCUT2D eigenvalue weighted by atomic mass is 16.2. The predicted octanol–water partition coefficient (Wildman–Crippen LogP) is 1.68. The first-order chi connectivity index (χ1) is 8.15. The number of rotatable bonds is 2. The lowest BCUT2D eigenvalue weighted by Gasteiger charge is -2.27. The highest BCUT2D eigenvalue weighted by Crippen LogP contribution is 2.23. The van der Waals surface area contributed by atoms with Gasteiger partial charge in [0, 0.05) is 23.9 Å². The number of aromatic nitrogens is 1. The van der Waals surface area contributed by atoms with Crippen LogP contribution in [-0.4, -0.2) is 16.9 Å². The van der Waals surface area contributed by atoms with Crippen LogP contribution in [0.1, 0.15) is 43.0 Å². The molecule has 2 N–H and O–H groups in total. The van der Waals surface area contributed by atoms with Crippen molar-refractivity contribution in [3.8, 4) is 0 Å². The molecule has 1 aromatic rings. The molecular weight excluding hydrogens is 216 g/mol. The second-order valence-corrected chi connectivity index (χ2v) is 4.88. The molecule has 0 aromatic carbocycles. The van der Waals surface area contributed by atoms with E-state index in [9.17, 15) is 9.59 Å². The maximum Gasteiger partial charge on any atom is 0.251 e. The van der Waals surface area contributed by atoms with Gasteiger partial charge in [0.15, 0.2) is 0 Å². The van der Waals surface area contributed by atoms with Crippen molar-refractivity contribution in [2.45, 2.75) is 38.6 Å². The zero-order chi connectivity index (χ0) is 12.3. The Balaban J connectivity index is 1.99. The van der Waals surface area contributed by atoms with E-state index >= 15 is 0 Å². The molecule has 0 bridgehead atoms. The summed E-state index contributed by atoms with van der Waals surface area (Å²) >= 11 is 0. The molecule has 4 nitrogen and oxygen atoms in total. The molecule has 1 heterocycles. The average Bonchev–Trinajstić information content (AvgIpc) is 2.29. The van der Waals surface area contributed by atoms with Crippen LogP contribution in [0.25, 0.3) is 0 Å². The van der Waals surface area contributed by atoms with Gasteiger partial charge >= 0.3 is 0 Å². The molecule has 2 atom stereocenters. The fourth-order valence-electron chi connectivity index (χ4n) is 2.42. The maximum absolute atomic E-state index is 11.9. The smallest absolute Gasteiger partial charge is 0.251 e. The van der Waals surface area contributed by atoms with E-state index in [1.165, 1.54) is 25.1 Å². The molecular formula is C13H18N2O2. The first-order valence-electron chi connectivity index (χ1n) is 6.15. The first kappa shape index (κ1) is 11.9. The number of hydrogen-bond acceptors (Lipinski definition) is 2. The molecule has 2 rings (SSSR count). The van der Waals surface area contributed by atoms with Gasteiger partial charge < -0.3 is 10.3 Å². The summed E-state index contributed by atoms with van der Waals surface area (Å²) in [5.41, 5.74) is 0.196. The Labute approximate surface area is 100 Å². The Morgan fingerprint density at radius 3 is 3.00 bits per heavy atom. The summed E-state index contributed by atoms with van der Waals surface area (Å²) in [6.45, 7) is 2.21. The highest BCUT2D eigenvalue weighted by molar-refractivity contribution is 5.94. The van der Waals surface area contributed by atoms with Crippen LogP contribution in [-0.2, 0) is 0 Å². The SMILES string of the molecule is CC1CCCC(NC(=O)c2cc[nH]c(=O)c2)C1. The maximum atomic E-state index is 11.9. The van der Waals surface area contributed by atoms with E-state index < -0.39 is 0 Å². The molecule has 0 spiro atoms. The van der Waals surface area contributed by atoms with E-state index in [4.69, 9.17) is 0 Å². The number of nitrogens with one attached hydrogen (secondary N) is 2. The van der Waals surface area contributed by atoms with Crippen molar-refractivity contribution in [3.63, 3.8) is 0 Å². The molecule has 1 amide bonds. The summed E-state index contributed by atoms with van der Waals surface area (Å²) in [5.74, 6) is 0.531. The summed E-state index contributed by atoms with van der Waals surface area (Å²) < 4.78 is 0. The largest absolute Gasteiger partial charge is 0.349 e. The average molecular weight is 234 g/mol. The van der Waals surface area contributed by atoms with Gasteiger partial charge in [-0.15, -0.1) is 0 Å². The van der Waals surface area contributed by atoms with Crippen LogP contribution >= 0.6 is 0 Å². The summed E-state index contributed by atoms with van der Waals surface area (Å²) in [4.78, 5) is 25.5. The number of carbonyl (C=O) groups excluding carboxylic acids is 1. The fourth-order valence-corrected chi connectivity index (χ4v) is 2.42. The molecule has 0 aliphatic heterocycles. The van der Waals surface area contributed by atoms with Crippen molar-refractivity contribution in [1.82, 2.24) is 10.3 Å². The van der Waals surface area contributed by atoms with Crippen molar-refractivity contribution in [2.24, 2.45) is 5.92 Å². The van der Waals surface area contributed by atoms with Gasteiger partial charge in [0.25, 0.3) is 5.91 Å². The molecule has 17 heavy (non-hydrogen) atoms. The summed E-state index contributed by atoms with van der Waals surface area (Å²) in [6.07, 6.45) is 5.99. The zero-order valence-corrected chi connectivity index (χ0v) is 10.0. The molecule has 4 heteroatoms. The first-order valence-corrected chi connectivity index (χ1v) is 6.15.